The summed E-state index contributed by atoms with van der Waals surface area (Å²) in [5.74, 6) is 0. The molecule has 0 aromatic heterocycles. The molecule has 2 rings (SSSR count). The minimum Gasteiger partial charge on any atom is -1.00 e. The third-order valence-corrected chi connectivity index (χ3v) is 9.67. The summed E-state index contributed by atoms with van der Waals surface area (Å²) < 4.78 is 0.337. The van der Waals surface area contributed by atoms with E-state index in [0.717, 1.165) is 0 Å². The number of unbranched alkanes of at least 4 members (excludes halogenated alkanes) is 2. The fourth-order valence-electron chi connectivity index (χ4n) is 3.64. The molecule has 0 nitrogen and oxygen atoms in total. The van der Waals surface area contributed by atoms with E-state index in [1.165, 1.54) is 31.7 Å². The minimum absolute atomic E-state index is 0. The normalized spacial score (nSPS) is 19.8. The van der Waals surface area contributed by atoms with Crippen molar-refractivity contribution in [2.75, 3.05) is 0 Å². The van der Waals surface area contributed by atoms with Crippen LogP contribution < -0.4 is 42.4 Å². The van der Waals surface area contributed by atoms with Gasteiger partial charge in [-0.3, -0.25) is 0 Å². The van der Waals surface area contributed by atoms with E-state index in [2.05, 4.69) is 78.5 Å². The van der Waals surface area contributed by atoms with Gasteiger partial charge in [0.25, 0.3) is 0 Å². The molecule has 0 saturated carbocycles. The fourth-order valence-corrected chi connectivity index (χ4v) is 6.95. The molecule has 1 atom stereocenters. The average molecular weight is 452 g/mol. The first kappa shape index (κ1) is 27.7. The van der Waals surface area contributed by atoms with E-state index in [1.807, 2.05) is 0 Å². The summed E-state index contributed by atoms with van der Waals surface area (Å²) in [7, 11) is -0.203. The number of rotatable bonds is 7. The summed E-state index contributed by atoms with van der Waals surface area (Å²) in [5, 5.41) is 1.60. The maximum Gasteiger partial charge on any atom is -1.00 e. The Bertz CT molecular complexity index is 584. The number of hydrogen-bond acceptors (Lipinski definition) is 0. The van der Waals surface area contributed by atoms with Crippen LogP contribution in [0.15, 0.2) is 52.6 Å². The molecule has 1 aromatic rings. The standard InChI is InChI=1S/C20H29Si.3ClH.Ti/c1-5-6-8-13-19-16(3)15(2)17(4)20(19)14-21-18-11-9-7-10-12-18;;;;/h7,9-12H,5-6,8,13-14,21H2,1-4H3;3*1H;/q;;;;+3/p-3. The van der Waals surface area contributed by atoms with Gasteiger partial charge in [-0.1, -0.05) is 0 Å². The van der Waals surface area contributed by atoms with Gasteiger partial charge < -0.3 is 37.2 Å². The Morgan fingerprint density at radius 3 is 2.08 bits per heavy atom. The number of hydrogen-bond donors (Lipinski definition) is 0. The zero-order valence-electron chi connectivity index (χ0n) is 15.8. The quantitative estimate of drug-likeness (QED) is 0.292. The van der Waals surface area contributed by atoms with Gasteiger partial charge in [0.2, 0.25) is 0 Å². The molecule has 0 saturated heterocycles. The first-order chi connectivity index (χ1) is 10.5. The number of allylic oxidation sites excluding steroid dienone is 4. The van der Waals surface area contributed by atoms with Crippen LogP contribution in [0.4, 0.5) is 0 Å². The van der Waals surface area contributed by atoms with Gasteiger partial charge in [0.1, 0.15) is 0 Å². The van der Waals surface area contributed by atoms with Crippen LogP contribution in [0.5, 0.6) is 0 Å². The zero-order valence-corrected chi connectivity index (χ0v) is 21.0. The molecular formula is C20H29Cl3SiTi. The first-order valence-corrected chi connectivity index (χ1v) is 11.2. The van der Waals surface area contributed by atoms with E-state index in [1.54, 1.807) is 27.5 Å². The van der Waals surface area contributed by atoms with Crippen LogP contribution in [-0.4, -0.2) is 9.52 Å². The van der Waals surface area contributed by atoms with Crippen LogP contribution in [0.1, 0.15) is 53.4 Å². The van der Waals surface area contributed by atoms with Crippen molar-refractivity contribution in [1.29, 1.82) is 0 Å². The topological polar surface area (TPSA) is 0 Å². The molecule has 1 aliphatic rings. The van der Waals surface area contributed by atoms with Crippen LogP contribution in [0.2, 0.25) is 9.76 Å². The second kappa shape index (κ2) is 12.8. The Hall–Kier alpha value is 0.501. The monoisotopic (exact) mass is 450 g/mol. The Morgan fingerprint density at radius 2 is 1.52 bits per heavy atom. The van der Waals surface area contributed by atoms with Gasteiger partial charge in [-0.05, 0) is 0 Å². The fraction of sp³-hybridized carbons (Fsp3) is 0.500. The van der Waals surface area contributed by atoms with Crippen LogP contribution in [0, 0.1) is 0 Å². The third kappa shape index (κ3) is 6.56. The van der Waals surface area contributed by atoms with E-state index in [4.69, 9.17) is 0 Å². The molecule has 1 aromatic carbocycles. The minimum atomic E-state index is -0.203. The Kier molecular flexibility index (Phi) is 14.2. The van der Waals surface area contributed by atoms with Crippen molar-refractivity contribution in [3.63, 3.8) is 0 Å². The molecule has 0 N–H and O–H groups in total. The number of benzene rings is 1. The first-order valence-electron chi connectivity index (χ1n) is 8.68. The van der Waals surface area contributed by atoms with Crippen LogP contribution in [-0.2, 0) is 20.4 Å². The molecule has 0 bridgehead atoms. The van der Waals surface area contributed by atoms with Crippen LogP contribution in [0.25, 0.3) is 0 Å². The smallest absolute Gasteiger partial charge is 1.00 e. The van der Waals surface area contributed by atoms with E-state index >= 15 is 0 Å². The van der Waals surface area contributed by atoms with Crippen molar-refractivity contribution in [3.8, 4) is 0 Å². The van der Waals surface area contributed by atoms with Crippen molar-refractivity contribution in [2.45, 2.75) is 63.1 Å². The second-order valence-corrected chi connectivity index (χ2v) is 9.85. The van der Waals surface area contributed by atoms with Crippen molar-refractivity contribution in [3.05, 3.63) is 52.6 Å². The van der Waals surface area contributed by atoms with Crippen LogP contribution in [0.3, 0.4) is 0 Å². The molecule has 0 radical (unpaired) electrons. The molecule has 0 fully saturated rings. The summed E-state index contributed by atoms with van der Waals surface area (Å²) in [6, 6.07) is 12.5. The second-order valence-electron chi connectivity index (χ2n) is 6.70. The molecule has 0 amide bonds. The third-order valence-electron chi connectivity index (χ3n) is 5.39. The molecule has 1 unspecified atom stereocenters. The largest absolute Gasteiger partial charge is 1.00 e. The summed E-state index contributed by atoms with van der Waals surface area (Å²) >= 11 is 2.51. The van der Waals surface area contributed by atoms with Crippen molar-refractivity contribution in [2.24, 2.45) is 0 Å². The molecular weight excluding hydrogens is 423 g/mol. The molecule has 1 aliphatic carbocycles. The molecule has 0 heterocycles. The Balaban J connectivity index is 0. The summed E-state index contributed by atoms with van der Waals surface area (Å²) in [6.45, 7) is 9.37. The molecule has 25 heavy (non-hydrogen) atoms. The number of halogens is 3. The SMILES string of the molecule is CCCCCC1=C(C)C(C)=C(C)[C]1([Ti+3])C[SiH2]c1ccccc1.[Cl-].[Cl-].[Cl-]. The van der Waals surface area contributed by atoms with E-state index < -0.39 is 0 Å². The molecule has 138 valence electrons. The Labute approximate surface area is 187 Å². The van der Waals surface area contributed by atoms with Gasteiger partial charge >= 0.3 is 151 Å². The van der Waals surface area contributed by atoms with Crippen molar-refractivity contribution >= 4 is 14.7 Å². The summed E-state index contributed by atoms with van der Waals surface area (Å²) in [6.07, 6.45) is 5.33. The van der Waals surface area contributed by atoms with Gasteiger partial charge in [-0.15, -0.1) is 0 Å². The summed E-state index contributed by atoms with van der Waals surface area (Å²) in [5.41, 5.74) is 6.55. The maximum absolute atomic E-state index is 2.51. The van der Waals surface area contributed by atoms with Crippen LogP contribution >= 0.6 is 0 Å². The zero-order chi connectivity index (χ0) is 16.2. The predicted molar refractivity (Wildman–Crippen MR) is 97.3 cm³/mol. The predicted octanol–water partition coefficient (Wildman–Crippen LogP) is -4.14. The Morgan fingerprint density at radius 1 is 0.920 bits per heavy atom. The van der Waals surface area contributed by atoms with E-state index in [-0.39, 0.29) is 46.7 Å². The maximum atomic E-state index is 2.51. The molecule has 5 heteroatoms. The van der Waals surface area contributed by atoms with E-state index in [9.17, 15) is 0 Å². The average Bonchev–Trinajstić information content (AvgIpc) is 2.70. The van der Waals surface area contributed by atoms with Gasteiger partial charge in [0.05, 0.1) is 0 Å². The van der Waals surface area contributed by atoms with Gasteiger partial charge in [-0.2, -0.15) is 0 Å². The molecule has 0 spiro atoms. The van der Waals surface area contributed by atoms with Crippen molar-refractivity contribution in [1.82, 2.24) is 0 Å². The van der Waals surface area contributed by atoms with Gasteiger partial charge in [0.15, 0.2) is 0 Å². The van der Waals surface area contributed by atoms with Gasteiger partial charge in [0, 0.05) is 0 Å². The van der Waals surface area contributed by atoms with Crippen molar-refractivity contribution < 1.29 is 57.7 Å². The molecule has 0 aliphatic heterocycles. The summed E-state index contributed by atoms with van der Waals surface area (Å²) in [4.78, 5) is 0. The van der Waals surface area contributed by atoms with Gasteiger partial charge in [-0.25, -0.2) is 0 Å². The van der Waals surface area contributed by atoms with E-state index in [0.29, 0.717) is 3.72 Å².